The van der Waals surface area contributed by atoms with Gasteiger partial charge in [-0.2, -0.15) is 8.78 Å². The highest BCUT2D eigenvalue weighted by Crippen LogP contribution is 2.75. The van der Waals surface area contributed by atoms with E-state index in [0.717, 1.165) is 12.8 Å². The third kappa shape index (κ3) is 3.10. The Morgan fingerprint density at radius 3 is 2.59 bits per heavy atom. The average Bonchev–Trinajstić information content (AvgIpc) is 3.32. The SMILES string of the molecule is COCOC1OC(=O)C2C1OC1SC3(SC12)C1CC2CC3CC(OC(=O)C(C)(F)F)(C2)C1. The van der Waals surface area contributed by atoms with E-state index in [9.17, 15) is 18.4 Å². The quantitative estimate of drug-likeness (QED) is 0.425. The van der Waals surface area contributed by atoms with Gasteiger partial charge in [-0.05, 0) is 49.9 Å². The van der Waals surface area contributed by atoms with Crippen molar-refractivity contribution >= 4 is 35.5 Å². The van der Waals surface area contributed by atoms with Crippen molar-refractivity contribution in [1.29, 1.82) is 0 Å². The molecule has 0 aromatic carbocycles. The third-order valence-electron chi connectivity index (χ3n) is 7.95. The van der Waals surface area contributed by atoms with E-state index in [1.165, 1.54) is 7.11 Å². The van der Waals surface area contributed by atoms with Gasteiger partial charge in [0.15, 0.2) is 6.79 Å². The van der Waals surface area contributed by atoms with Gasteiger partial charge < -0.3 is 23.7 Å². The first-order valence-corrected chi connectivity index (χ1v) is 12.8. The van der Waals surface area contributed by atoms with E-state index in [1.54, 1.807) is 11.8 Å². The Labute approximate surface area is 192 Å². The summed E-state index contributed by atoms with van der Waals surface area (Å²) < 4.78 is 54.6. The summed E-state index contributed by atoms with van der Waals surface area (Å²) in [7, 11) is 1.51. The van der Waals surface area contributed by atoms with Crippen LogP contribution in [0.15, 0.2) is 0 Å². The first-order valence-electron chi connectivity index (χ1n) is 11.1. The van der Waals surface area contributed by atoms with E-state index in [-0.39, 0.29) is 45.3 Å². The molecule has 7 rings (SSSR count). The lowest BCUT2D eigenvalue weighted by Crippen LogP contribution is -2.62. The largest absolute Gasteiger partial charge is 0.455 e. The number of carbonyl (C=O) groups excluding carboxylic acids is 2. The zero-order valence-corrected chi connectivity index (χ0v) is 19.4. The lowest BCUT2D eigenvalue weighted by atomic mass is 9.53. The van der Waals surface area contributed by atoms with Gasteiger partial charge in [-0.15, -0.1) is 23.5 Å². The van der Waals surface area contributed by atoms with E-state index in [1.807, 2.05) is 11.8 Å². The number of halogens is 2. The zero-order chi connectivity index (χ0) is 22.5. The molecule has 1 spiro atoms. The van der Waals surface area contributed by atoms with E-state index in [4.69, 9.17) is 23.7 Å². The Morgan fingerprint density at radius 2 is 1.94 bits per heavy atom. The maximum atomic E-state index is 13.6. The third-order valence-corrected chi connectivity index (χ3v) is 12.2. The molecule has 0 aromatic heterocycles. The van der Waals surface area contributed by atoms with Crippen molar-refractivity contribution in [1.82, 2.24) is 0 Å². The van der Waals surface area contributed by atoms with E-state index >= 15 is 0 Å². The smallest absolute Gasteiger partial charge is 0.377 e. The van der Waals surface area contributed by atoms with Crippen LogP contribution in [-0.4, -0.2) is 64.5 Å². The number of rotatable bonds is 5. The van der Waals surface area contributed by atoms with Gasteiger partial charge in [0.2, 0.25) is 6.29 Å². The average molecular weight is 493 g/mol. The zero-order valence-electron chi connectivity index (χ0n) is 17.8. The van der Waals surface area contributed by atoms with Gasteiger partial charge in [0, 0.05) is 14.0 Å². The molecule has 7 fully saturated rings. The van der Waals surface area contributed by atoms with Crippen LogP contribution < -0.4 is 0 Å². The first-order chi connectivity index (χ1) is 15.1. The van der Waals surface area contributed by atoms with Crippen LogP contribution in [0.4, 0.5) is 8.78 Å². The molecule has 7 unspecified atom stereocenters. The number of ether oxygens (including phenoxy) is 5. The maximum absolute atomic E-state index is 13.6. The normalized spacial score (nSPS) is 50.6. The highest BCUT2D eigenvalue weighted by molar-refractivity contribution is 8.22. The lowest BCUT2D eigenvalue weighted by molar-refractivity contribution is -0.208. The van der Waals surface area contributed by atoms with Gasteiger partial charge in [0.1, 0.15) is 23.1 Å². The number of methoxy groups -OCH3 is 1. The van der Waals surface area contributed by atoms with Crippen LogP contribution in [0.3, 0.4) is 0 Å². The number of carbonyl (C=O) groups is 2. The van der Waals surface area contributed by atoms with Gasteiger partial charge in [0.25, 0.3) is 0 Å². The van der Waals surface area contributed by atoms with Crippen molar-refractivity contribution in [2.45, 2.75) is 77.7 Å². The fourth-order valence-electron chi connectivity index (χ4n) is 7.00. The molecule has 3 heterocycles. The molecule has 4 bridgehead atoms. The minimum absolute atomic E-state index is 0.0211. The topological polar surface area (TPSA) is 80.3 Å². The molecule has 3 aliphatic heterocycles. The summed E-state index contributed by atoms with van der Waals surface area (Å²) in [4.78, 5) is 24.7. The summed E-state index contributed by atoms with van der Waals surface area (Å²) >= 11 is 3.59. The van der Waals surface area contributed by atoms with Crippen LogP contribution in [-0.2, 0) is 33.3 Å². The molecule has 32 heavy (non-hydrogen) atoms. The molecule has 0 amide bonds. The van der Waals surface area contributed by atoms with Crippen molar-refractivity contribution < 1.29 is 42.1 Å². The molecule has 178 valence electrons. The van der Waals surface area contributed by atoms with Gasteiger partial charge in [-0.3, -0.25) is 4.79 Å². The number of alkyl halides is 2. The molecule has 7 nitrogen and oxygen atoms in total. The fourth-order valence-corrected chi connectivity index (χ4v) is 11.5. The molecular weight excluding hydrogens is 466 g/mol. The van der Waals surface area contributed by atoms with Crippen molar-refractivity contribution in [3.05, 3.63) is 0 Å². The molecule has 11 heteroatoms. The molecular formula is C21H26F2O7S2. The molecule has 4 saturated carbocycles. The Morgan fingerprint density at radius 1 is 1.22 bits per heavy atom. The molecule has 4 aliphatic carbocycles. The van der Waals surface area contributed by atoms with Crippen molar-refractivity contribution in [2.24, 2.45) is 23.7 Å². The molecule has 7 aliphatic rings. The van der Waals surface area contributed by atoms with Gasteiger partial charge in [-0.1, -0.05) is 0 Å². The lowest BCUT2D eigenvalue weighted by Gasteiger charge is -2.63. The van der Waals surface area contributed by atoms with Crippen molar-refractivity contribution in [3.8, 4) is 0 Å². The van der Waals surface area contributed by atoms with Crippen LogP contribution >= 0.6 is 23.5 Å². The molecule has 0 radical (unpaired) electrons. The highest BCUT2D eigenvalue weighted by Gasteiger charge is 2.72. The number of fused-ring (bicyclic) bond motifs is 3. The van der Waals surface area contributed by atoms with Crippen molar-refractivity contribution in [2.75, 3.05) is 13.9 Å². The van der Waals surface area contributed by atoms with Crippen LogP contribution in [0.25, 0.3) is 0 Å². The Hall–Kier alpha value is -0.620. The Bertz CT molecular complexity index is 819. The Kier molecular flexibility index (Phi) is 4.92. The monoisotopic (exact) mass is 492 g/mol. The second kappa shape index (κ2) is 7.19. The standard InChI is InChI=1S/C21H26F2O7S2/c1-19(22,23)18(25)30-20-5-9-3-10(6-20)21(11(4-9)7-20)31-14-12-13(28-17(14)32-21)16(27-8-26-2)29-15(12)24/h9-14,16-17H,3-8H2,1-2H3. The van der Waals surface area contributed by atoms with Crippen LogP contribution in [0.5, 0.6) is 0 Å². The fraction of sp³-hybridized carbons (Fsp3) is 0.905. The summed E-state index contributed by atoms with van der Waals surface area (Å²) in [6.07, 6.45) is 2.66. The number of esters is 2. The van der Waals surface area contributed by atoms with E-state index in [2.05, 4.69) is 0 Å². The number of cyclic esters (lactones) is 1. The molecule has 3 saturated heterocycles. The van der Waals surface area contributed by atoms with Crippen molar-refractivity contribution in [3.63, 3.8) is 0 Å². The maximum Gasteiger partial charge on any atom is 0.377 e. The first kappa shape index (κ1) is 21.9. The van der Waals surface area contributed by atoms with E-state index in [0.29, 0.717) is 32.1 Å². The number of hydrogen-bond acceptors (Lipinski definition) is 9. The summed E-state index contributed by atoms with van der Waals surface area (Å²) in [5.74, 6) is -4.74. The number of hydrogen-bond donors (Lipinski definition) is 0. The van der Waals surface area contributed by atoms with Gasteiger partial charge in [0.05, 0.1) is 9.33 Å². The minimum atomic E-state index is -3.48. The number of thioether (sulfide) groups is 2. The highest BCUT2D eigenvalue weighted by atomic mass is 32.2. The minimum Gasteiger partial charge on any atom is -0.455 e. The summed E-state index contributed by atoms with van der Waals surface area (Å²) in [6.45, 7) is 0.618. The molecule has 0 N–H and O–H groups in total. The second-order valence-electron chi connectivity index (χ2n) is 10.1. The van der Waals surface area contributed by atoms with Crippen LogP contribution in [0.2, 0.25) is 0 Å². The predicted octanol–water partition coefficient (Wildman–Crippen LogP) is 3.15. The summed E-state index contributed by atoms with van der Waals surface area (Å²) in [6, 6.07) is 0. The second-order valence-corrected chi connectivity index (χ2v) is 13.2. The molecule has 0 aromatic rings. The summed E-state index contributed by atoms with van der Waals surface area (Å²) in [5, 5.41) is -0.0374. The van der Waals surface area contributed by atoms with Gasteiger partial charge >= 0.3 is 17.9 Å². The van der Waals surface area contributed by atoms with E-state index < -0.39 is 29.9 Å². The van der Waals surface area contributed by atoms with Crippen LogP contribution in [0.1, 0.15) is 39.0 Å². The summed E-state index contributed by atoms with van der Waals surface area (Å²) in [5.41, 5.74) is -0.932. The van der Waals surface area contributed by atoms with Crippen LogP contribution in [0, 0.1) is 23.7 Å². The Balaban J connectivity index is 1.21. The molecule has 7 atom stereocenters. The van der Waals surface area contributed by atoms with Gasteiger partial charge in [-0.25, -0.2) is 4.79 Å². The predicted molar refractivity (Wildman–Crippen MR) is 110 cm³/mol.